The zero-order valence-corrected chi connectivity index (χ0v) is 63.6. The van der Waals surface area contributed by atoms with Crippen molar-refractivity contribution < 1.29 is 48.9 Å². The molecule has 5 heterocycles. The lowest BCUT2D eigenvalue weighted by Crippen LogP contribution is -2.40. The molecule has 28 heteroatoms. The van der Waals surface area contributed by atoms with Crippen LogP contribution in [0.25, 0.3) is 16.8 Å². The van der Waals surface area contributed by atoms with Crippen molar-refractivity contribution in [1.82, 2.24) is 35.2 Å². The smallest absolute Gasteiger partial charge is 0.308 e. The van der Waals surface area contributed by atoms with Crippen LogP contribution in [0.2, 0.25) is 25.5 Å². The fourth-order valence-electron chi connectivity index (χ4n) is 12.9. The molecule has 3 aliphatic rings. The van der Waals surface area contributed by atoms with E-state index in [9.17, 15) is 48.9 Å². The molecule has 110 heavy (non-hydrogen) atoms. The van der Waals surface area contributed by atoms with Gasteiger partial charge >= 0.3 is 17.9 Å². The number of carbonyl (C=O) groups is 7. The monoisotopic (exact) mass is 1580 g/mol. The Bertz CT molecular complexity index is 5030. The zero-order valence-electron chi connectivity index (χ0n) is 59.9. The average Bonchev–Trinajstić information content (AvgIpc) is 1.11. The molecule has 23 nitrogen and oxygen atoms in total. The van der Waals surface area contributed by atoms with Gasteiger partial charge in [-0.2, -0.15) is 0 Å². The Morgan fingerprint density at radius 3 is 1.37 bits per heavy atom. The molecule has 3 fully saturated rings. The van der Waals surface area contributed by atoms with Gasteiger partial charge in [0.25, 0.3) is 11.8 Å². The molecule has 0 atom stereocenters. The number of aromatic nitrogens is 6. The van der Waals surface area contributed by atoms with E-state index in [1.54, 1.807) is 60.5 Å². The van der Waals surface area contributed by atoms with Crippen LogP contribution in [0, 0.1) is 0 Å². The number of halogens is 5. The quantitative estimate of drug-likeness (QED) is 0.0206. The maximum absolute atomic E-state index is 12.8. The topological polar surface area (TPSA) is 315 Å². The normalized spacial score (nSPS) is 13.3. The van der Waals surface area contributed by atoms with Crippen LogP contribution in [0.5, 0.6) is 0 Å². The van der Waals surface area contributed by atoms with Gasteiger partial charge in [0.1, 0.15) is 50.4 Å². The van der Waals surface area contributed by atoms with Gasteiger partial charge in [-0.3, -0.25) is 33.6 Å². The standard InChI is InChI=1S/C32H32ClN5O4.C26H25ClN4O3.C24H21Cl3N4O3/c1-38(19-28(39)34-24-8-4-5-9-24)31-26(18-29(40)41)30(33)36-27(37-31)16-20-10-14-25(15-11-20)35-32(42)23-13-12-21-6-2-3-7-22(21)17-23;27-25-21(17-24(33)34)26(31-14-4-5-15-31)30-22(29-25)16-19-8-11-20(12-9-19)28-23(32)13-10-18-6-2-1-3-7-18;25-18-8-5-15(12-19(18)26)24(34)28-16-6-3-14(4-7-16)11-20-29-22(27)17(13-21(32)33)23(30-20)31-9-1-2-10-31/h2-3,6-7,10-15,17,24H,4-5,8-9,16,18-19H2,1H3,(H,34,39)(H,35,42)(H,40,41);1-3,6-13H,4-5,14-17H2,(H,28,32)(H,33,34);3-8,12H,1-2,9-11,13H2,(H,28,34)(H,32,33)/b;13-10+;. The Kier molecular flexibility index (Phi) is 27.9. The molecule has 4 amide bonds. The number of hydrogen-bond donors (Lipinski definition) is 7. The third kappa shape index (κ3) is 22.8. The lowest BCUT2D eigenvalue weighted by Gasteiger charge is -2.22. The van der Waals surface area contributed by atoms with E-state index in [0.29, 0.717) is 104 Å². The molecule has 1 saturated carbocycles. The number of rotatable bonds is 25. The summed E-state index contributed by atoms with van der Waals surface area (Å²) in [4.78, 5) is 117. The van der Waals surface area contributed by atoms with Crippen molar-refractivity contribution in [2.45, 2.75) is 95.9 Å². The number of anilines is 6. The number of nitrogens with one attached hydrogen (secondary N) is 4. The predicted octanol–water partition coefficient (Wildman–Crippen LogP) is 15.4. The summed E-state index contributed by atoms with van der Waals surface area (Å²) in [5, 5.41) is 42.8. The molecule has 0 bridgehead atoms. The zero-order chi connectivity index (χ0) is 77.8. The van der Waals surface area contributed by atoms with Crippen LogP contribution in [-0.2, 0) is 62.5 Å². The summed E-state index contributed by atoms with van der Waals surface area (Å²) in [7, 11) is 1.69. The molecule has 10 aromatic rings. The lowest BCUT2D eigenvalue weighted by molar-refractivity contribution is -0.137. The van der Waals surface area contributed by atoms with Gasteiger partial charge in [0.2, 0.25) is 11.8 Å². The highest BCUT2D eigenvalue weighted by atomic mass is 35.5. The molecule has 3 aromatic heterocycles. The number of amides is 4. The third-order valence-electron chi connectivity index (χ3n) is 18.4. The summed E-state index contributed by atoms with van der Waals surface area (Å²) >= 11 is 31.1. The van der Waals surface area contributed by atoms with Crippen LogP contribution in [-0.4, -0.2) is 133 Å². The number of hydrogen-bond acceptors (Lipinski definition) is 16. The molecule has 1 aliphatic carbocycles. The molecule has 0 unspecified atom stereocenters. The van der Waals surface area contributed by atoms with E-state index in [0.717, 1.165) is 111 Å². The van der Waals surface area contributed by atoms with Crippen molar-refractivity contribution >= 4 is 151 Å². The first-order valence-corrected chi connectivity index (χ1v) is 37.6. The van der Waals surface area contributed by atoms with Gasteiger partial charge in [-0.1, -0.05) is 168 Å². The second-order valence-electron chi connectivity index (χ2n) is 26.7. The second-order valence-corrected chi connectivity index (χ2v) is 28.5. The molecule has 7 N–H and O–H groups in total. The summed E-state index contributed by atoms with van der Waals surface area (Å²) in [6.45, 7) is 3.29. The maximum atomic E-state index is 12.8. The molecular weight excluding hydrogens is 1500 g/mol. The van der Waals surface area contributed by atoms with Gasteiger partial charge < -0.3 is 51.3 Å². The van der Waals surface area contributed by atoms with E-state index in [2.05, 4.69) is 61.0 Å². The van der Waals surface area contributed by atoms with E-state index in [4.69, 9.17) is 58.0 Å². The highest BCUT2D eigenvalue weighted by Crippen LogP contribution is 2.33. The largest absolute Gasteiger partial charge is 0.481 e. The number of aliphatic carboxylic acids is 3. The summed E-state index contributed by atoms with van der Waals surface area (Å²) in [5.41, 5.74) is 7.76. The van der Waals surface area contributed by atoms with Crippen molar-refractivity contribution in [2.24, 2.45) is 0 Å². The van der Waals surface area contributed by atoms with E-state index in [-0.39, 0.29) is 76.5 Å². The van der Waals surface area contributed by atoms with Gasteiger partial charge in [0.15, 0.2) is 0 Å². The van der Waals surface area contributed by atoms with Crippen LogP contribution < -0.4 is 36.0 Å². The van der Waals surface area contributed by atoms with Crippen LogP contribution in [0.1, 0.15) is 128 Å². The predicted molar refractivity (Wildman–Crippen MR) is 430 cm³/mol. The van der Waals surface area contributed by atoms with E-state index in [1.165, 1.54) is 12.1 Å². The van der Waals surface area contributed by atoms with Crippen molar-refractivity contribution in [3.05, 3.63) is 263 Å². The highest BCUT2D eigenvalue weighted by Gasteiger charge is 2.27. The maximum Gasteiger partial charge on any atom is 0.308 e. The lowest BCUT2D eigenvalue weighted by atomic mass is 10.1. The first kappa shape index (κ1) is 79.9. The molecule has 2 aliphatic heterocycles. The Morgan fingerprint density at radius 1 is 0.464 bits per heavy atom. The van der Waals surface area contributed by atoms with Gasteiger partial charge in [0, 0.05) is 109 Å². The number of carboxylic acids is 3. The highest BCUT2D eigenvalue weighted by molar-refractivity contribution is 6.42. The molecular formula is C82H78Cl5N13O10. The van der Waals surface area contributed by atoms with E-state index < -0.39 is 17.9 Å². The first-order valence-electron chi connectivity index (χ1n) is 35.7. The molecule has 0 spiro atoms. The minimum Gasteiger partial charge on any atom is -0.481 e. The van der Waals surface area contributed by atoms with E-state index in [1.807, 2.05) is 115 Å². The second kappa shape index (κ2) is 38.3. The number of likely N-dealkylation sites (N-methyl/N-ethyl adjacent to an activating group) is 1. The van der Waals surface area contributed by atoms with Gasteiger partial charge in [-0.25, -0.2) is 29.9 Å². The summed E-state index contributed by atoms with van der Waals surface area (Å²) in [6.07, 6.45) is 11.9. The number of carbonyl (C=O) groups excluding carboxylic acids is 4. The van der Waals surface area contributed by atoms with Crippen LogP contribution >= 0.6 is 58.0 Å². The summed E-state index contributed by atoms with van der Waals surface area (Å²) < 4.78 is 0. The van der Waals surface area contributed by atoms with Gasteiger partial charge in [0.05, 0.1) is 35.9 Å². The minimum atomic E-state index is -1.07. The Labute approximate surface area is 660 Å². The average molecular weight is 1580 g/mol. The van der Waals surface area contributed by atoms with Crippen LogP contribution in [0.3, 0.4) is 0 Å². The van der Waals surface area contributed by atoms with Crippen LogP contribution in [0.15, 0.2) is 170 Å². The van der Waals surface area contributed by atoms with Crippen LogP contribution in [0.4, 0.5) is 34.5 Å². The Morgan fingerprint density at radius 2 is 0.891 bits per heavy atom. The molecule has 0 radical (unpaired) electrons. The molecule has 13 rings (SSSR count). The number of fused-ring (bicyclic) bond motifs is 1. The van der Waals surface area contributed by atoms with Gasteiger partial charge in [-0.15, -0.1) is 0 Å². The molecule has 7 aromatic carbocycles. The Hall–Kier alpha value is -11.1. The third-order valence-corrected chi connectivity index (χ3v) is 20.0. The molecule has 566 valence electrons. The molecule has 2 saturated heterocycles. The first-order chi connectivity index (χ1) is 53.0. The fraction of sp³-hybridized carbons (Fsp3) is 0.256. The summed E-state index contributed by atoms with van der Waals surface area (Å²) in [6, 6.07) is 50.0. The SMILES string of the molecule is CN(CC(=O)NC1CCCC1)c1nc(Cc2ccc(NC(=O)c3ccc4ccccc4c3)cc2)nc(Cl)c1CC(=O)O.O=C(O)Cc1c(Cl)nc(Cc2ccc(NC(=O)/C=C/c3ccccc3)cc2)nc1N1CCCC1.O=C(O)Cc1c(Cl)nc(Cc2ccc(NC(=O)c3ccc(Cl)c(Cl)c3)cc2)nc1N1CCCC1. The number of benzene rings is 7. The van der Waals surface area contributed by atoms with Crippen molar-refractivity contribution in [3.63, 3.8) is 0 Å². The van der Waals surface area contributed by atoms with Gasteiger partial charge in [-0.05, 0) is 144 Å². The van der Waals surface area contributed by atoms with E-state index >= 15 is 0 Å². The fourth-order valence-corrected chi connectivity index (χ4v) is 13.9. The van der Waals surface area contributed by atoms with Crippen molar-refractivity contribution in [2.75, 3.05) is 70.4 Å². The summed E-state index contributed by atoms with van der Waals surface area (Å²) in [5.74, 6) is -0.922. The minimum absolute atomic E-state index is 0.0154. The Balaban J connectivity index is 0.000000165. The number of nitrogens with zero attached hydrogens (tertiary/aromatic N) is 9. The van der Waals surface area contributed by atoms with Crippen molar-refractivity contribution in [1.29, 1.82) is 0 Å². The number of carboxylic acid groups (broad SMARTS) is 3. The van der Waals surface area contributed by atoms with Crippen molar-refractivity contribution in [3.8, 4) is 0 Å².